The lowest BCUT2D eigenvalue weighted by molar-refractivity contribution is -0.126. The van der Waals surface area contributed by atoms with Crippen LogP contribution in [0, 0.1) is 16.7 Å². The third-order valence-electron chi connectivity index (χ3n) is 4.15. The molecular formula is C15H17N3O2. The average Bonchev–Trinajstić information content (AvgIpc) is 2.70. The maximum absolute atomic E-state index is 12.6. The molecule has 2 amide bonds. The molecule has 2 N–H and O–H groups in total. The Morgan fingerprint density at radius 1 is 1.35 bits per heavy atom. The molecular weight excluding hydrogens is 254 g/mol. The van der Waals surface area contributed by atoms with Crippen molar-refractivity contribution in [3.05, 3.63) is 23.8 Å². The Labute approximate surface area is 118 Å². The molecule has 20 heavy (non-hydrogen) atoms. The van der Waals surface area contributed by atoms with Crippen LogP contribution in [-0.2, 0) is 9.59 Å². The highest BCUT2D eigenvalue weighted by molar-refractivity contribution is 6.23. The second-order valence-electron chi connectivity index (χ2n) is 5.08. The van der Waals surface area contributed by atoms with Gasteiger partial charge in [0.2, 0.25) is 11.8 Å². The predicted octanol–water partition coefficient (Wildman–Crippen LogP) is 2.21. The van der Waals surface area contributed by atoms with Gasteiger partial charge >= 0.3 is 0 Å². The molecule has 0 spiro atoms. The summed E-state index contributed by atoms with van der Waals surface area (Å²) in [6.07, 6.45) is 1.47. The fourth-order valence-corrected chi connectivity index (χ4v) is 2.67. The summed E-state index contributed by atoms with van der Waals surface area (Å²) < 4.78 is 0. The largest absolute Gasteiger partial charge is 0.397 e. The summed E-state index contributed by atoms with van der Waals surface area (Å²) in [5.41, 5.74) is 6.32. The first-order valence-corrected chi connectivity index (χ1v) is 6.66. The van der Waals surface area contributed by atoms with Crippen LogP contribution in [0.3, 0.4) is 0 Å². The van der Waals surface area contributed by atoms with E-state index in [0.29, 0.717) is 24.1 Å². The van der Waals surface area contributed by atoms with Crippen molar-refractivity contribution in [2.75, 3.05) is 10.6 Å². The van der Waals surface area contributed by atoms with E-state index >= 15 is 0 Å². The van der Waals surface area contributed by atoms with Gasteiger partial charge in [0.1, 0.15) is 0 Å². The summed E-state index contributed by atoms with van der Waals surface area (Å²) in [6, 6.07) is 6.58. The average molecular weight is 271 g/mol. The van der Waals surface area contributed by atoms with Crippen molar-refractivity contribution >= 4 is 23.2 Å². The van der Waals surface area contributed by atoms with Crippen molar-refractivity contribution in [3.8, 4) is 6.07 Å². The number of anilines is 2. The Hall–Kier alpha value is -2.35. The number of benzene rings is 1. The standard InChI is InChI=1S/C15H17N3O2/c1-3-15(4-2)8-13(19)18(14(15)20)12-6-5-10(9-16)7-11(12)17/h5-7H,3-4,8,17H2,1-2H3. The van der Waals surface area contributed by atoms with Crippen molar-refractivity contribution in [1.29, 1.82) is 5.26 Å². The van der Waals surface area contributed by atoms with E-state index in [-0.39, 0.29) is 23.9 Å². The van der Waals surface area contributed by atoms with Gasteiger partial charge in [0.25, 0.3) is 0 Å². The Morgan fingerprint density at radius 2 is 2.00 bits per heavy atom. The van der Waals surface area contributed by atoms with E-state index in [9.17, 15) is 9.59 Å². The molecule has 1 aliphatic heterocycles. The van der Waals surface area contributed by atoms with Crippen molar-refractivity contribution in [2.24, 2.45) is 5.41 Å². The number of nitrogen functional groups attached to an aromatic ring is 1. The fraction of sp³-hybridized carbons (Fsp3) is 0.400. The van der Waals surface area contributed by atoms with E-state index in [4.69, 9.17) is 11.0 Å². The lowest BCUT2D eigenvalue weighted by Crippen LogP contribution is -2.35. The van der Waals surface area contributed by atoms with Crippen molar-refractivity contribution in [2.45, 2.75) is 33.1 Å². The first-order valence-electron chi connectivity index (χ1n) is 6.66. The van der Waals surface area contributed by atoms with Crippen LogP contribution >= 0.6 is 0 Å². The molecule has 5 heteroatoms. The maximum Gasteiger partial charge on any atom is 0.240 e. The van der Waals surface area contributed by atoms with Gasteiger partial charge in [-0.05, 0) is 31.0 Å². The topological polar surface area (TPSA) is 87.2 Å². The summed E-state index contributed by atoms with van der Waals surface area (Å²) in [4.78, 5) is 26.0. The number of nitrogens with two attached hydrogens (primary N) is 1. The van der Waals surface area contributed by atoms with Gasteiger partial charge in [-0.2, -0.15) is 5.26 Å². The minimum atomic E-state index is -0.614. The van der Waals surface area contributed by atoms with Gasteiger partial charge < -0.3 is 5.73 Å². The number of hydrogen-bond donors (Lipinski definition) is 1. The van der Waals surface area contributed by atoms with Crippen molar-refractivity contribution in [1.82, 2.24) is 0 Å². The first kappa shape index (κ1) is 14.1. The Kier molecular flexibility index (Phi) is 3.49. The van der Waals surface area contributed by atoms with E-state index < -0.39 is 5.41 Å². The van der Waals surface area contributed by atoms with Crippen molar-refractivity contribution < 1.29 is 9.59 Å². The van der Waals surface area contributed by atoms with Crippen LogP contribution in [0.5, 0.6) is 0 Å². The summed E-state index contributed by atoms with van der Waals surface area (Å²) in [5, 5.41) is 8.83. The van der Waals surface area contributed by atoms with Crippen LogP contribution in [0.1, 0.15) is 38.7 Å². The van der Waals surface area contributed by atoms with Crippen LogP contribution in [0.25, 0.3) is 0 Å². The minimum Gasteiger partial charge on any atom is -0.397 e. The number of hydrogen-bond acceptors (Lipinski definition) is 4. The van der Waals surface area contributed by atoms with Crippen LogP contribution < -0.4 is 10.6 Å². The Bertz CT molecular complexity index is 612. The highest BCUT2D eigenvalue weighted by Gasteiger charge is 2.50. The quantitative estimate of drug-likeness (QED) is 0.674. The summed E-state index contributed by atoms with van der Waals surface area (Å²) in [6.45, 7) is 3.83. The zero-order valence-electron chi connectivity index (χ0n) is 11.6. The fourth-order valence-electron chi connectivity index (χ4n) is 2.67. The number of carbonyl (C=O) groups excluding carboxylic acids is 2. The molecule has 5 nitrogen and oxygen atoms in total. The molecule has 0 aromatic heterocycles. The van der Waals surface area contributed by atoms with E-state index in [2.05, 4.69) is 0 Å². The molecule has 0 saturated carbocycles. The van der Waals surface area contributed by atoms with Crippen LogP contribution in [-0.4, -0.2) is 11.8 Å². The second-order valence-corrected chi connectivity index (χ2v) is 5.08. The zero-order valence-corrected chi connectivity index (χ0v) is 11.6. The SMILES string of the molecule is CCC1(CC)CC(=O)N(c2ccc(C#N)cc2N)C1=O. The van der Waals surface area contributed by atoms with Gasteiger partial charge in [-0.25, -0.2) is 4.90 Å². The second kappa shape index (κ2) is 4.97. The first-order chi connectivity index (χ1) is 9.49. The maximum atomic E-state index is 12.6. The van der Waals surface area contributed by atoms with E-state index in [1.165, 1.54) is 11.0 Å². The predicted molar refractivity (Wildman–Crippen MR) is 75.7 cm³/mol. The van der Waals surface area contributed by atoms with Crippen LogP contribution in [0.4, 0.5) is 11.4 Å². The van der Waals surface area contributed by atoms with E-state index in [0.717, 1.165) is 0 Å². The summed E-state index contributed by atoms with van der Waals surface area (Å²) in [5.74, 6) is -0.418. The van der Waals surface area contributed by atoms with Gasteiger partial charge in [0, 0.05) is 6.42 Å². The number of nitriles is 1. The van der Waals surface area contributed by atoms with Gasteiger partial charge in [-0.3, -0.25) is 9.59 Å². The number of rotatable bonds is 3. The van der Waals surface area contributed by atoms with Crippen LogP contribution in [0.2, 0.25) is 0 Å². The molecule has 2 rings (SSSR count). The zero-order chi connectivity index (χ0) is 14.9. The molecule has 0 atom stereocenters. The van der Waals surface area contributed by atoms with Gasteiger partial charge in [0.05, 0.1) is 28.4 Å². The van der Waals surface area contributed by atoms with E-state index in [1.54, 1.807) is 12.1 Å². The Morgan fingerprint density at radius 3 is 2.45 bits per heavy atom. The van der Waals surface area contributed by atoms with Gasteiger partial charge in [-0.15, -0.1) is 0 Å². The number of carbonyl (C=O) groups is 2. The molecule has 104 valence electrons. The molecule has 0 radical (unpaired) electrons. The molecule has 1 heterocycles. The smallest absolute Gasteiger partial charge is 0.240 e. The number of amides is 2. The van der Waals surface area contributed by atoms with Crippen LogP contribution in [0.15, 0.2) is 18.2 Å². The molecule has 1 aromatic carbocycles. The molecule has 0 bridgehead atoms. The monoisotopic (exact) mass is 271 g/mol. The molecule has 1 fully saturated rings. The third kappa shape index (κ3) is 1.94. The number of imide groups is 1. The third-order valence-corrected chi connectivity index (χ3v) is 4.15. The summed E-state index contributed by atoms with van der Waals surface area (Å²) >= 11 is 0. The lowest BCUT2D eigenvalue weighted by atomic mass is 9.81. The normalized spacial score (nSPS) is 17.4. The molecule has 1 aliphatic rings. The van der Waals surface area contributed by atoms with Gasteiger partial charge in [0.15, 0.2) is 0 Å². The lowest BCUT2D eigenvalue weighted by Gasteiger charge is -2.24. The van der Waals surface area contributed by atoms with Gasteiger partial charge in [-0.1, -0.05) is 13.8 Å². The molecule has 1 saturated heterocycles. The van der Waals surface area contributed by atoms with Crippen molar-refractivity contribution in [3.63, 3.8) is 0 Å². The highest BCUT2D eigenvalue weighted by atomic mass is 16.2. The Balaban J connectivity index is 2.46. The highest BCUT2D eigenvalue weighted by Crippen LogP contribution is 2.42. The summed E-state index contributed by atoms with van der Waals surface area (Å²) in [7, 11) is 0. The van der Waals surface area contributed by atoms with E-state index in [1.807, 2.05) is 19.9 Å². The minimum absolute atomic E-state index is 0.191. The molecule has 0 aliphatic carbocycles. The molecule has 1 aromatic rings. The molecule has 0 unspecified atom stereocenters. The number of nitrogens with zero attached hydrogens (tertiary/aromatic N) is 2.